The quantitative estimate of drug-likeness (QED) is 0.181. The van der Waals surface area contributed by atoms with Gasteiger partial charge in [-0.25, -0.2) is 4.98 Å². The van der Waals surface area contributed by atoms with E-state index >= 15 is 0 Å². The minimum absolute atomic E-state index is 0.0834. The average Bonchev–Trinajstić information content (AvgIpc) is 0.752. The van der Waals surface area contributed by atoms with Crippen LogP contribution < -0.4 is 0 Å². The van der Waals surface area contributed by atoms with Crippen LogP contribution in [0, 0.1) is 0 Å². The molecule has 0 aliphatic carbocycles. The van der Waals surface area contributed by atoms with Gasteiger partial charge in [-0.05, 0) is 125 Å². The number of imidazole rings is 1. The molecular formula is C66H77N3O. The van der Waals surface area contributed by atoms with E-state index in [1.165, 1.54) is 5.56 Å². The van der Waals surface area contributed by atoms with Gasteiger partial charge in [0, 0.05) is 40.8 Å². The van der Waals surface area contributed by atoms with Gasteiger partial charge >= 0.3 is 0 Å². The summed E-state index contributed by atoms with van der Waals surface area (Å²) in [5.41, 5.74) is 1.92. The lowest BCUT2D eigenvalue weighted by molar-refractivity contribution is 0.446. The molecule has 0 amide bonds. The SMILES string of the molecule is [2H]c1nc(-c2cc(-c3cccc4c3nc(-c3cc(C(C)(C)C)cc(C(C)(C)C)c3O)n4-c3cc(C(C)(C)C)ccc3-c3ccc(C(C)(C)C)cc3)cc(C(C)(C)C)c2)c([2H])c(-c2c([2H])c([2H])c(C(C([2H])([2H])[2H])(C([2H])([2H])[2H])C([2H])([2H])[2H])c([2H])c2[2H])c1[2H]. The average molecular weight is 944 g/mol. The summed E-state index contributed by atoms with van der Waals surface area (Å²) < 4.78 is 142. The third-order valence-electron chi connectivity index (χ3n) is 13.1. The minimum Gasteiger partial charge on any atom is -0.507 e. The van der Waals surface area contributed by atoms with Crippen LogP contribution in [0.25, 0.3) is 72.7 Å². The number of benzene rings is 6. The summed E-state index contributed by atoms with van der Waals surface area (Å²) in [4.78, 5) is 10.1. The molecule has 0 spiro atoms. The van der Waals surface area contributed by atoms with Crippen molar-refractivity contribution < 1.29 is 27.0 Å². The number of aromatic nitrogens is 3. The van der Waals surface area contributed by atoms with Gasteiger partial charge in [0.05, 0.1) is 37.6 Å². The fourth-order valence-electron chi connectivity index (χ4n) is 8.70. The van der Waals surface area contributed by atoms with Gasteiger partial charge in [-0.3, -0.25) is 9.55 Å². The van der Waals surface area contributed by atoms with Gasteiger partial charge in [0.1, 0.15) is 11.6 Å². The molecule has 6 aromatic carbocycles. The lowest BCUT2D eigenvalue weighted by Crippen LogP contribution is -2.17. The second-order valence-corrected chi connectivity index (χ2v) is 23.9. The van der Waals surface area contributed by atoms with Gasteiger partial charge in [0.25, 0.3) is 0 Å². The monoisotopic (exact) mass is 944 g/mol. The van der Waals surface area contributed by atoms with Crippen molar-refractivity contribution in [2.45, 2.75) is 157 Å². The lowest BCUT2D eigenvalue weighted by Gasteiger charge is -2.28. The number of pyridine rings is 1. The van der Waals surface area contributed by atoms with Gasteiger partial charge in [-0.15, -0.1) is 0 Å². The molecular weight excluding hydrogens is 851 g/mol. The van der Waals surface area contributed by atoms with E-state index in [0.29, 0.717) is 33.5 Å². The van der Waals surface area contributed by atoms with E-state index in [-0.39, 0.29) is 33.3 Å². The van der Waals surface area contributed by atoms with Crippen LogP contribution in [0.1, 0.15) is 180 Å². The van der Waals surface area contributed by atoms with E-state index < -0.39 is 95.9 Å². The Balaban J connectivity index is 1.49. The number of fused-ring (bicyclic) bond motifs is 1. The number of aromatic hydroxyl groups is 1. The molecule has 1 N–H and O–H groups in total. The number of para-hydroxylation sites is 1. The Kier molecular flexibility index (Phi) is 8.36. The highest BCUT2D eigenvalue weighted by atomic mass is 16.3. The van der Waals surface area contributed by atoms with Crippen LogP contribution in [0.5, 0.6) is 5.75 Å². The smallest absolute Gasteiger partial charge is 0.149 e. The molecule has 2 heterocycles. The summed E-state index contributed by atoms with van der Waals surface area (Å²) in [6.45, 7) is 19.8. The maximum atomic E-state index is 12.8. The van der Waals surface area contributed by atoms with Gasteiger partial charge in [-0.1, -0.05) is 209 Å². The molecule has 0 saturated heterocycles. The zero-order valence-electron chi connectivity index (χ0n) is 59.4. The number of phenols is 1. The molecule has 0 aliphatic rings. The zero-order chi connectivity index (χ0) is 64.7. The predicted molar refractivity (Wildman–Crippen MR) is 300 cm³/mol. The molecule has 0 fully saturated rings. The fourth-order valence-corrected chi connectivity index (χ4v) is 8.70. The fraction of sp³-hybridized carbons (Fsp3) is 0.364. The highest BCUT2D eigenvalue weighted by molar-refractivity contribution is 5.98. The Bertz CT molecular complexity index is 3940. The van der Waals surface area contributed by atoms with Crippen LogP contribution in [-0.4, -0.2) is 19.6 Å². The first kappa shape index (κ1) is 33.3. The third-order valence-corrected chi connectivity index (χ3v) is 13.1. The van der Waals surface area contributed by atoms with E-state index in [0.717, 1.165) is 39.1 Å². The lowest BCUT2D eigenvalue weighted by atomic mass is 9.79. The van der Waals surface area contributed by atoms with Crippen molar-refractivity contribution in [3.05, 3.63) is 167 Å². The topological polar surface area (TPSA) is 50.9 Å². The number of hydrogen-bond donors (Lipinski definition) is 1. The summed E-state index contributed by atoms with van der Waals surface area (Å²) in [5, 5.41) is 12.8. The Morgan fingerprint density at radius 3 is 1.67 bits per heavy atom. The predicted octanol–water partition coefficient (Wildman–Crippen LogP) is 18.2. The van der Waals surface area contributed by atoms with E-state index in [4.69, 9.17) is 22.8 Å². The molecule has 4 nitrogen and oxygen atoms in total. The van der Waals surface area contributed by atoms with E-state index in [1.54, 1.807) is 12.1 Å². The Morgan fingerprint density at radius 1 is 0.471 bits per heavy atom. The van der Waals surface area contributed by atoms with E-state index in [9.17, 15) is 9.22 Å². The van der Waals surface area contributed by atoms with Gasteiger partial charge in [0.15, 0.2) is 0 Å². The van der Waals surface area contributed by atoms with Crippen molar-refractivity contribution in [1.29, 1.82) is 0 Å². The van der Waals surface area contributed by atoms with Crippen LogP contribution in [0.3, 0.4) is 0 Å². The van der Waals surface area contributed by atoms with Crippen LogP contribution in [0.15, 0.2) is 133 Å². The summed E-state index contributed by atoms with van der Waals surface area (Å²) in [5.74, 6) is 0.553. The van der Waals surface area contributed by atoms with E-state index in [2.05, 4.69) is 141 Å². The first-order valence-electron chi connectivity index (χ1n) is 32.0. The van der Waals surface area contributed by atoms with Crippen molar-refractivity contribution in [3.8, 4) is 67.5 Å². The standard InChI is InChI=1S/C66H77N3O/c1-61(2,3)46-26-22-41(23-27-46)43-32-33-67-55(37-43)45-34-44(35-49(36-45)64(10,11)12)52-20-19-21-56-58(52)68-60(53-38-50(65(13,14)15)39-54(59(53)70)66(16,17)18)69(56)57-40-48(63(7,8)9)30-31-51(57)42-24-28-47(29-25-42)62(4,5)6/h19-40,70H,1-18H3/i1D3,2D3,3D3,22D,23D,26D,27D,32D,33D,37D. The highest BCUT2D eigenvalue weighted by Crippen LogP contribution is 2.47. The molecule has 0 saturated carbocycles. The number of rotatable bonds is 6. The highest BCUT2D eigenvalue weighted by Gasteiger charge is 2.30. The Morgan fingerprint density at radius 2 is 1.07 bits per heavy atom. The Labute approximate surface area is 442 Å². The molecule has 0 atom stereocenters. The van der Waals surface area contributed by atoms with Crippen molar-refractivity contribution in [2.24, 2.45) is 0 Å². The van der Waals surface area contributed by atoms with E-state index in [1.807, 2.05) is 51.1 Å². The zero-order valence-corrected chi connectivity index (χ0v) is 43.4. The van der Waals surface area contributed by atoms with Crippen molar-refractivity contribution in [3.63, 3.8) is 0 Å². The van der Waals surface area contributed by atoms with Crippen LogP contribution >= 0.6 is 0 Å². The molecule has 8 aromatic rings. The molecule has 0 unspecified atom stereocenters. The molecule has 0 aliphatic heterocycles. The van der Waals surface area contributed by atoms with Gasteiger partial charge in [-0.2, -0.15) is 0 Å². The largest absolute Gasteiger partial charge is 0.507 e. The number of phenolic OH excluding ortho intramolecular Hbond substituents is 1. The van der Waals surface area contributed by atoms with Gasteiger partial charge in [0.2, 0.25) is 0 Å². The molecule has 2 aromatic heterocycles. The summed E-state index contributed by atoms with van der Waals surface area (Å²) in [6, 6.07) is 24.3. The first-order chi connectivity index (χ1) is 39.1. The molecule has 0 bridgehead atoms. The Hall–Kier alpha value is -6.26. The minimum atomic E-state index is -3.93. The summed E-state index contributed by atoms with van der Waals surface area (Å²) in [6.07, 6.45) is -0.727. The van der Waals surface area contributed by atoms with Gasteiger partial charge < -0.3 is 5.11 Å². The number of nitrogens with zero attached hydrogens (tertiary/aromatic N) is 3. The molecule has 4 heteroatoms. The summed E-state index contributed by atoms with van der Waals surface area (Å²) in [7, 11) is 0. The van der Waals surface area contributed by atoms with Crippen molar-refractivity contribution in [1.82, 2.24) is 14.5 Å². The molecule has 362 valence electrons. The molecule has 70 heavy (non-hydrogen) atoms. The maximum Gasteiger partial charge on any atom is 0.149 e. The molecule has 0 radical (unpaired) electrons. The first-order valence-corrected chi connectivity index (χ1v) is 24.0. The van der Waals surface area contributed by atoms with Crippen LogP contribution in [0.4, 0.5) is 0 Å². The normalized spacial score (nSPS) is 16.9. The second-order valence-electron chi connectivity index (χ2n) is 23.9. The van der Waals surface area contributed by atoms with Crippen LogP contribution in [-0.2, 0) is 32.5 Å². The third kappa shape index (κ3) is 10.0. The second kappa shape index (κ2) is 17.5. The maximum absolute atomic E-state index is 12.8. The summed E-state index contributed by atoms with van der Waals surface area (Å²) >= 11 is 0. The number of hydrogen-bond acceptors (Lipinski definition) is 3. The molecule has 8 rings (SSSR count). The van der Waals surface area contributed by atoms with Crippen molar-refractivity contribution in [2.75, 3.05) is 0 Å². The van der Waals surface area contributed by atoms with Crippen LogP contribution in [0.2, 0.25) is 0 Å². The van der Waals surface area contributed by atoms with Crippen molar-refractivity contribution >= 4 is 11.0 Å².